The highest BCUT2D eigenvalue weighted by Crippen LogP contribution is 2.12. The molecule has 0 unspecified atom stereocenters. The van der Waals surface area contributed by atoms with Crippen molar-refractivity contribution < 1.29 is 9.34 Å². The lowest BCUT2D eigenvalue weighted by Gasteiger charge is -2.21. The zero-order valence-corrected chi connectivity index (χ0v) is 13.5. The van der Waals surface area contributed by atoms with Crippen LogP contribution in [0.4, 0.5) is 5.69 Å². The molecule has 1 N–H and O–H groups in total. The number of nitro benzene ring substituents is 1. The van der Waals surface area contributed by atoms with E-state index in [-0.39, 0.29) is 5.69 Å². The van der Waals surface area contributed by atoms with Crippen LogP contribution in [0, 0.1) is 10.1 Å². The van der Waals surface area contributed by atoms with Crippen molar-refractivity contribution in [1.82, 2.24) is 10.2 Å². The van der Waals surface area contributed by atoms with Gasteiger partial charge in [-0.15, -0.1) is 6.58 Å². The molecule has 0 fully saturated rings. The fourth-order valence-corrected chi connectivity index (χ4v) is 2.08. The number of furan rings is 1. The first-order valence-corrected chi connectivity index (χ1v) is 7.46. The van der Waals surface area contributed by atoms with Gasteiger partial charge in [-0.25, -0.2) is 4.99 Å². The third-order valence-electron chi connectivity index (χ3n) is 3.30. The smallest absolute Gasteiger partial charge is 0.269 e. The summed E-state index contributed by atoms with van der Waals surface area (Å²) in [5.74, 6) is 1.53. The number of non-ortho nitro benzene ring substituents is 1. The summed E-state index contributed by atoms with van der Waals surface area (Å²) < 4.78 is 5.35. The predicted octanol–water partition coefficient (Wildman–Crippen LogP) is 2.95. The standard InChI is InChI=1S/C17H20N4O3/c1-3-10-18-17(20(2)13-16-5-4-11-24-16)19-12-14-6-8-15(9-7-14)21(22)23/h3-9,11H,1,10,12-13H2,2H3,(H,18,19). The highest BCUT2D eigenvalue weighted by molar-refractivity contribution is 5.79. The minimum Gasteiger partial charge on any atom is -0.467 e. The van der Waals surface area contributed by atoms with Gasteiger partial charge >= 0.3 is 0 Å². The van der Waals surface area contributed by atoms with Gasteiger partial charge in [0.2, 0.25) is 0 Å². The van der Waals surface area contributed by atoms with E-state index < -0.39 is 4.92 Å². The van der Waals surface area contributed by atoms with Gasteiger partial charge in [0, 0.05) is 25.7 Å². The number of aliphatic imine (C=N–C) groups is 1. The number of nitrogens with one attached hydrogen (secondary N) is 1. The van der Waals surface area contributed by atoms with Crippen molar-refractivity contribution in [2.45, 2.75) is 13.1 Å². The topological polar surface area (TPSA) is 83.9 Å². The van der Waals surface area contributed by atoms with Gasteiger partial charge < -0.3 is 14.6 Å². The Morgan fingerprint density at radius 1 is 1.42 bits per heavy atom. The van der Waals surface area contributed by atoms with Gasteiger partial charge in [0.1, 0.15) is 5.76 Å². The lowest BCUT2D eigenvalue weighted by Crippen LogP contribution is -2.38. The Kier molecular flexibility index (Phi) is 6.13. The number of benzene rings is 1. The number of nitro groups is 1. The van der Waals surface area contributed by atoms with E-state index in [9.17, 15) is 10.1 Å². The van der Waals surface area contributed by atoms with Crippen molar-refractivity contribution in [2.24, 2.45) is 4.99 Å². The Balaban J connectivity index is 2.06. The van der Waals surface area contributed by atoms with E-state index in [0.717, 1.165) is 11.3 Å². The zero-order valence-electron chi connectivity index (χ0n) is 13.5. The first kappa shape index (κ1) is 17.3. The second-order valence-electron chi connectivity index (χ2n) is 5.17. The van der Waals surface area contributed by atoms with Crippen molar-refractivity contribution in [3.05, 3.63) is 76.8 Å². The van der Waals surface area contributed by atoms with E-state index in [1.54, 1.807) is 24.5 Å². The highest BCUT2D eigenvalue weighted by atomic mass is 16.6. The molecule has 7 heteroatoms. The minimum atomic E-state index is -0.415. The number of hydrogen-bond donors (Lipinski definition) is 1. The quantitative estimate of drug-likeness (QED) is 0.278. The van der Waals surface area contributed by atoms with Crippen LogP contribution in [-0.2, 0) is 13.1 Å². The fourth-order valence-electron chi connectivity index (χ4n) is 2.08. The van der Waals surface area contributed by atoms with Gasteiger partial charge in [0.05, 0.1) is 24.3 Å². The molecule has 126 valence electrons. The Morgan fingerprint density at radius 2 is 2.17 bits per heavy atom. The molecule has 0 atom stereocenters. The van der Waals surface area contributed by atoms with E-state index >= 15 is 0 Å². The van der Waals surface area contributed by atoms with E-state index in [2.05, 4.69) is 16.9 Å². The van der Waals surface area contributed by atoms with Gasteiger partial charge in [-0.2, -0.15) is 0 Å². The van der Waals surface area contributed by atoms with Crippen LogP contribution in [0.25, 0.3) is 0 Å². The first-order chi connectivity index (χ1) is 11.6. The zero-order chi connectivity index (χ0) is 17.4. The molecule has 1 aromatic heterocycles. The van der Waals surface area contributed by atoms with Gasteiger partial charge in [-0.3, -0.25) is 10.1 Å². The number of nitrogens with zero attached hydrogens (tertiary/aromatic N) is 3. The molecule has 0 saturated heterocycles. The second-order valence-corrected chi connectivity index (χ2v) is 5.17. The highest BCUT2D eigenvalue weighted by Gasteiger charge is 2.09. The number of hydrogen-bond acceptors (Lipinski definition) is 4. The van der Waals surface area contributed by atoms with Crippen molar-refractivity contribution >= 4 is 11.6 Å². The first-order valence-electron chi connectivity index (χ1n) is 7.46. The summed E-state index contributed by atoms with van der Waals surface area (Å²) in [5.41, 5.74) is 0.965. The normalized spacial score (nSPS) is 11.1. The van der Waals surface area contributed by atoms with E-state index in [0.29, 0.717) is 25.6 Å². The van der Waals surface area contributed by atoms with Crippen LogP contribution in [0.2, 0.25) is 0 Å². The third-order valence-corrected chi connectivity index (χ3v) is 3.30. The van der Waals surface area contributed by atoms with Crippen LogP contribution in [-0.4, -0.2) is 29.4 Å². The van der Waals surface area contributed by atoms with Crippen molar-refractivity contribution in [1.29, 1.82) is 0 Å². The Hall–Kier alpha value is -3.09. The molecule has 2 aromatic rings. The maximum Gasteiger partial charge on any atom is 0.269 e. The molecule has 7 nitrogen and oxygen atoms in total. The van der Waals surface area contributed by atoms with Crippen molar-refractivity contribution in [2.75, 3.05) is 13.6 Å². The molecule has 1 aromatic carbocycles. The second kappa shape index (κ2) is 8.52. The molecule has 2 rings (SSSR count). The van der Waals surface area contributed by atoms with Crippen LogP contribution in [0.5, 0.6) is 0 Å². The molecule has 0 bridgehead atoms. The van der Waals surface area contributed by atoms with Gasteiger partial charge in [-0.1, -0.05) is 18.2 Å². The molecule has 1 heterocycles. The summed E-state index contributed by atoms with van der Waals surface area (Å²) in [6.07, 6.45) is 3.39. The Morgan fingerprint density at radius 3 is 2.75 bits per heavy atom. The third kappa shape index (κ3) is 4.98. The SMILES string of the molecule is C=CCNC(=NCc1ccc([N+](=O)[O-])cc1)N(C)Cc1ccco1. The predicted molar refractivity (Wildman–Crippen MR) is 92.6 cm³/mol. The molecule has 0 spiro atoms. The van der Waals surface area contributed by atoms with E-state index in [1.807, 2.05) is 24.1 Å². The van der Waals surface area contributed by atoms with Gasteiger partial charge in [-0.05, 0) is 17.7 Å². The molecule has 24 heavy (non-hydrogen) atoms. The number of rotatable bonds is 7. The largest absolute Gasteiger partial charge is 0.467 e. The molecule has 0 radical (unpaired) electrons. The molecule has 0 aliphatic heterocycles. The Bertz CT molecular complexity index is 693. The van der Waals surface area contributed by atoms with Crippen molar-refractivity contribution in [3.63, 3.8) is 0 Å². The molecular formula is C17H20N4O3. The number of guanidine groups is 1. The van der Waals surface area contributed by atoms with Crippen LogP contribution in [0.15, 0.2) is 64.7 Å². The van der Waals surface area contributed by atoms with Crippen LogP contribution >= 0.6 is 0 Å². The fraction of sp³-hybridized carbons (Fsp3) is 0.235. The molecule has 0 aliphatic carbocycles. The molecule has 0 amide bonds. The van der Waals surface area contributed by atoms with E-state index in [1.165, 1.54) is 12.1 Å². The summed E-state index contributed by atoms with van der Waals surface area (Å²) in [4.78, 5) is 16.8. The maximum atomic E-state index is 10.7. The molecular weight excluding hydrogens is 308 g/mol. The summed E-state index contributed by atoms with van der Waals surface area (Å²) in [6.45, 7) is 5.27. The van der Waals surface area contributed by atoms with Gasteiger partial charge in [0.15, 0.2) is 5.96 Å². The summed E-state index contributed by atoms with van der Waals surface area (Å²) in [5, 5.41) is 13.9. The molecule has 0 saturated carbocycles. The van der Waals surface area contributed by atoms with Crippen molar-refractivity contribution in [3.8, 4) is 0 Å². The molecule has 0 aliphatic rings. The monoisotopic (exact) mass is 328 g/mol. The summed E-state index contributed by atoms with van der Waals surface area (Å²) >= 11 is 0. The average molecular weight is 328 g/mol. The average Bonchev–Trinajstić information content (AvgIpc) is 3.08. The lowest BCUT2D eigenvalue weighted by atomic mass is 10.2. The van der Waals surface area contributed by atoms with Crippen LogP contribution in [0.1, 0.15) is 11.3 Å². The summed E-state index contributed by atoms with van der Waals surface area (Å²) in [7, 11) is 1.91. The Labute approximate surface area is 140 Å². The summed E-state index contributed by atoms with van der Waals surface area (Å²) in [6, 6.07) is 10.1. The van der Waals surface area contributed by atoms with Crippen LogP contribution < -0.4 is 5.32 Å². The van der Waals surface area contributed by atoms with Gasteiger partial charge in [0.25, 0.3) is 5.69 Å². The minimum absolute atomic E-state index is 0.0719. The van der Waals surface area contributed by atoms with E-state index in [4.69, 9.17) is 4.42 Å². The maximum absolute atomic E-state index is 10.7. The van der Waals surface area contributed by atoms with Crippen LogP contribution in [0.3, 0.4) is 0 Å². The lowest BCUT2D eigenvalue weighted by molar-refractivity contribution is -0.384.